The van der Waals surface area contributed by atoms with Crippen LogP contribution in [0.1, 0.15) is 86.6 Å². The Balaban J connectivity index is 2.07. The predicted molar refractivity (Wildman–Crippen MR) is 240 cm³/mol. The number of benzene rings is 1. The van der Waals surface area contributed by atoms with E-state index < -0.39 is 65.9 Å². The van der Waals surface area contributed by atoms with Crippen LogP contribution in [0.15, 0.2) is 30.3 Å². The van der Waals surface area contributed by atoms with E-state index >= 15 is 0 Å². The third-order valence-corrected chi connectivity index (χ3v) is 11.7. The zero-order chi connectivity index (χ0) is 47.4. The Labute approximate surface area is 375 Å². The van der Waals surface area contributed by atoms with Crippen molar-refractivity contribution in [3.63, 3.8) is 0 Å². The largest absolute Gasteiger partial charge is 0.467 e. The highest BCUT2D eigenvalue weighted by Gasteiger charge is 2.42. The smallest absolute Gasteiger partial charge is 0.407 e. The van der Waals surface area contributed by atoms with Crippen LogP contribution in [-0.4, -0.2) is 167 Å². The van der Waals surface area contributed by atoms with Gasteiger partial charge in [-0.3, -0.25) is 24.1 Å². The van der Waals surface area contributed by atoms with Crippen molar-refractivity contribution in [2.45, 2.75) is 129 Å². The first-order valence-corrected chi connectivity index (χ1v) is 22.3. The second kappa shape index (κ2) is 27.1. The quantitative estimate of drug-likeness (QED) is 0.0909. The monoisotopic (exact) mass is 891 g/mol. The molecule has 17 nitrogen and oxygen atoms in total. The summed E-state index contributed by atoms with van der Waals surface area (Å²) in [5.74, 6) is -2.63. The molecule has 0 aromatic heterocycles. The van der Waals surface area contributed by atoms with Gasteiger partial charge < -0.3 is 49.4 Å². The van der Waals surface area contributed by atoms with Crippen molar-refractivity contribution >= 4 is 35.7 Å². The van der Waals surface area contributed by atoms with Crippen molar-refractivity contribution in [2.24, 2.45) is 17.8 Å². The summed E-state index contributed by atoms with van der Waals surface area (Å²) in [6, 6.07) is 6.98. The number of esters is 1. The fraction of sp³-hybridized carbons (Fsp3) is 0.739. The normalized spacial score (nSPS) is 17.5. The highest BCUT2D eigenvalue weighted by Crippen LogP contribution is 2.29. The summed E-state index contributed by atoms with van der Waals surface area (Å²) in [6.45, 7) is 16.5. The summed E-state index contributed by atoms with van der Waals surface area (Å²) in [4.78, 5) is 85.0. The van der Waals surface area contributed by atoms with Gasteiger partial charge in [0, 0.05) is 47.3 Å². The number of alkyl carbamates (subject to hydrolysis) is 1. The Morgan fingerprint density at radius 2 is 1.57 bits per heavy atom. The van der Waals surface area contributed by atoms with Gasteiger partial charge in [0.2, 0.25) is 23.6 Å². The summed E-state index contributed by atoms with van der Waals surface area (Å²) in [5.41, 5.74) is 0.271. The lowest BCUT2D eigenvalue weighted by Crippen LogP contribution is -2.55. The predicted octanol–water partition coefficient (Wildman–Crippen LogP) is 3.42. The number of hydrogen-bond donors (Lipinski definition) is 3. The van der Waals surface area contributed by atoms with Crippen LogP contribution in [0.5, 0.6) is 0 Å². The first-order valence-electron chi connectivity index (χ1n) is 22.3. The molecule has 1 aromatic carbocycles. The highest BCUT2D eigenvalue weighted by molar-refractivity contribution is 5.88. The minimum atomic E-state index is -0.907. The van der Waals surface area contributed by atoms with Gasteiger partial charge >= 0.3 is 12.1 Å². The van der Waals surface area contributed by atoms with E-state index in [2.05, 4.69) is 16.0 Å². The van der Waals surface area contributed by atoms with Crippen molar-refractivity contribution < 1.29 is 52.5 Å². The molecular weight excluding hydrogens is 813 g/mol. The summed E-state index contributed by atoms with van der Waals surface area (Å²) >= 11 is 0. The number of hydrogen-bond acceptors (Lipinski definition) is 12. The van der Waals surface area contributed by atoms with E-state index in [0.29, 0.717) is 39.0 Å². The van der Waals surface area contributed by atoms with Gasteiger partial charge in [-0.25, -0.2) is 9.59 Å². The minimum Gasteiger partial charge on any atom is -0.467 e. The maximum atomic E-state index is 14.2. The minimum absolute atomic E-state index is 0.0240. The molecule has 1 saturated heterocycles. The van der Waals surface area contributed by atoms with Crippen molar-refractivity contribution in [1.82, 2.24) is 30.7 Å². The molecule has 0 bridgehead atoms. The van der Waals surface area contributed by atoms with E-state index in [1.807, 2.05) is 70.0 Å². The molecule has 1 aliphatic rings. The SMILES string of the molecule is CCC(C)C(C(CC(=O)N1CCCC1C(OC)C(C)C(=O)NC(Cc1ccccc1)C(=O)OC)OC)N(C)C(=O)CNC(=O)C(C(C)C)N(C)CCOCCNC(=O)OC(C)(C)C. The summed E-state index contributed by atoms with van der Waals surface area (Å²) < 4.78 is 27.8. The van der Waals surface area contributed by atoms with Crippen molar-refractivity contribution in [2.75, 3.05) is 74.8 Å². The second-order valence-corrected chi connectivity index (χ2v) is 17.8. The number of methoxy groups -OCH3 is 3. The van der Waals surface area contributed by atoms with Gasteiger partial charge in [0.1, 0.15) is 11.6 Å². The zero-order valence-electron chi connectivity index (χ0n) is 40.2. The van der Waals surface area contributed by atoms with Gasteiger partial charge in [-0.05, 0) is 58.1 Å². The van der Waals surface area contributed by atoms with E-state index in [-0.39, 0.29) is 62.1 Å². The third-order valence-electron chi connectivity index (χ3n) is 11.7. The van der Waals surface area contributed by atoms with Gasteiger partial charge in [0.25, 0.3) is 0 Å². The highest BCUT2D eigenvalue weighted by atomic mass is 16.6. The standard InChI is InChI=1S/C46H78N6O11/c1-14-31(4)40(51(10)38(54)29-48-43(56)39(30(2)3)50(9)24-26-62-25-22-47-45(58)63-46(6,7)8)36(59-11)28-37(53)52-23-18-21-35(52)41(60-12)32(5)42(55)49-34(44(57)61-13)27-33-19-16-15-17-20-33/h15-17,19-20,30-32,34-36,39-41H,14,18,21-29H2,1-13H3,(H,47,58)(H,48,56)(H,49,55). The Kier molecular flexibility index (Phi) is 23.6. The van der Waals surface area contributed by atoms with E-state index in [9.17, 15) is 28.8 Å². The number of likely N-dealkylation sites (N-methyl/N-ethyl adjacent to an activating group) is 2. The average molecular weight is 891 g/mol. The molecule has 3 N–H and O–H groups in total. The number of carbonyl (C=O) groups is 6. The molecule has 2 rings (SSSR count). The van der Waals surface area contributed by atoms with Crippen LogP contribution in [-0.2, 0) is 54.1 Å². The molecule has 8 atom stereocenters. The van der Waals surface area contributed by atoms with Gasteiger partial charge in [-0.1, -0.05) is 71.4 Å². The first kappa shape index (κ1) is 54.8. The van der Waals surface area contributed by atoms with Crippen LogP contribution >= 0.6 is 0 Å². The second-order valence-electron chi connectivity index (χ2n) is 17.8. The molecule has 5 amide bonds. The van der Waals surface area contributed by atoms with Crippen LogP contribution in [0.25, 0.3) is 0 Å². The third kappa shape index (κ3) is 17.6. The summed E-state index contributed by atoms with van der Waals surface area (Å²) in [5, 5.41) is 8.34. The molecule has 8 unspecified atom stereocenters. The molecule has 63 heavy (non-hydrogen) atoms. The summed E-state index contributed by atoms with van der Waals surface area (Å²) in [6.07, 6.45) is 0.393. The molecule has 0 saturated carbocycles. The maximum absolute atomic E-state index is 14.2. The van der Waals surface area contributed by atoms with E-state index in [0.717, 1.165) is 5.56 Å². The molecule has 0 radical (unpaired) electrons. The van der Waals surface area contributed by atoms with Crippen LogP contribution in [0.3, 0.4) is 0 Å². The Hall–Kier alpha value is -4.32. The Bertz CT molecular complexity index is 1590. The number of amides is 5. The first-order chi connectivity index (χ1) is 29.7. The number of ether oxygens (including phenoxy) is 5. The molecule has 0 aliphatic carbocycles. The molecule has 17 heteroatoms. The van der Waals surface area contributed by atoms with E-state index in [1.54, 1.807) is 44.5 Å². The van der Waals surface area contributed by atoms with Gasteiger partial charge in [-0.2, -0.15) is 0 Å². The maximum Gasteiger partial charge on any atom is 0.407 e. The number of likely N-dealkylation sites (tertiary alicyclic amines) is 1. The van der Waals surface area contributed by atoms with E-state index in [1.165, 1.54) is 21.3 Å². The van der Waals surface area contributed by atoms with Crippen molar-refractivity contribution in [3.05, 3.63) is 35.9 Å². The molecule has 0 spiro atoms. The lowest BCUT2D eigenvalue weighted by atomic mass is 9.90. The number of rotatable bonds is 26. The van der Waals surface area contributed by atoms with E-state index in [4.69, 9.17) is 23.7 Å². The Morgan fingerprint density at radius 1 is 0.905 bits per heavy atom. The van der Waals surface area contributed by atoms with Gasteiger partial charge in [0.15, 0.2) is 0 Å². The van der Waals surface area contributed by atoms with Crippen LogP contribution in [0.4, 0.5) is 4.79 Å². The van der Waals surface area contributed by atoms with Crippen LogP contribution < -0.4 is 16.0 Å². The lowest BCUT2D eigenvalue weighted by Gasteiger charge is -2.39. The molecular formula is C46H78N6O11. The molecule has 1 fully saturated rings. The van der Waals surface area contributed by atoms with Crippen molar-refractivity contribution in [1.29, 1.82) is 0 Å². The fourth-order valence-corrected chi connectivity index (χ4v) is 8.21. The van der Waals surface area contributed by atoms with Crippen LogP contribution in [0, 0.1) is 17.8 Å². The molecule has 1 aromatic rings. The average Bonchev–Trinajstić information content (AvgIpc) is 3.72. The summed E-state index contributed by atoms with van der Waals surface area (Å²) in [7, 11) is 7.81. The Morgan fingerprint density at radius 3 is 2.14 bits per heavy atom. The number of carbonyl (C=O) groups excluding carboxylic acids is 6. The molecule has 1 aliphatic heterocycles. The van der Waals surface area contributed by atoms with Crippen molar-refractivity contribution in [3.8, 4) is 0 Å². The van der Waals surface area contributed by atoms with Crippen LogP contribution in [0.2, 0.25) is 0 Å². The fourth-order valence-electron chi connectivity index (χ4n) is 8.21. The number of nitrogens with one attached hydrogen (secondary N) is 3. The van der Waals surface area contributed by atoms with Gasteiger partial charge in [0.05, 0.1) is 69.5 Å². The van der Waals surface area contributed by atoms with Gasteiger partial charge in [-0.15, -0.1) is 0 Å². The topological polar surface area (TPSA) is 194 Å². The zero-order valence-corrected chi connectivity index (χ0v) is 40.2. The number of nitrogens with zero attached hydrogens (tertiary/aromatic N) is 3. The lowest BCUT2D eigenvalue weighted by molar-refractivity contribution is -0.148. The molecule has 1 heterocycles. The molecule has 358 valence electrons.